The lowest BCUT2D eigenvalue weighted by atomic mass is 10.9. The van der Waals surface area contributed by atoms with Gasteiger partial charge in [0.05, 0.1) is 8.07 Å². The van der Waals surface area contributed by atoms with Gasteiger partial charge in [-0.3, -0.25) is 0 Å². The van der Waals surface area contributed by atoms with Crippen molar-refractivity contribution in [2.24, 2.45) is 0 Å². The van der Waals surface area contributed by atoms with Gasteiger partial charge in [-0.15, -0.1) is 12.3 Å². The van der Waals surface area contributed by atoms with Crippen LogP contribution in [0.1, 0.15) is 0 Å². The molecule has 0 aromatic rings. The van der Waals surface area contributed by atoms with Crippen LogP contribution < -0.4 is 0 Å². The van der Waals surface area contributed by atoms with E-state index < -0.39 is 33.3 Å². The van der Waals surface area contributed by atoms with Crippen molar-refractivity contribution in [2.45, 2.75) is 71.0 Å². The third-order valence-electron chi connectivity index (χ3n) is 3.00. The van der Waals surface area contributed by atoms with E-state index in [1.807, 2.05) is 0 Å². The van der Waals surface area contributed by atoms with Crippen molar-refractivity contribution >= 4 is 33.3 Å². The van der Waals surface area contributed by atoms with E-state index in [-0.39, 0.29) is 0 Å². The first kappa shape index (κ1) is 19.5. The molecule has 0 bridgehead atoms. The summed E-state index contributed by atoms with van der Waals surface area (Å²) in [5, 5.41) is 0. The van der Waals surface area contributed by atoms with E-state index in [9.17, 15) is 0 Å². The van der Waals surface area contributed by atoms with E-state index in [0.29, 0.717) is 0 Å². The Balaban J connectivity index is 4.55. The van der Waals surface area contributed by atoms with Gasteiger partial charge in [-0.05, 0) is 51.9 Å². The largest absolute Gasteiger partial charge is 0.437 e. The zero-order chi connectivity index (χ0) is 15.5. The molecule has 0 rings (SSSR count). The number of hydrogen-bond acceptors (Lipinski definition) is 2. The maximum Gasteiger partial charge on any atom is 0.311 e. The minimum atomic E-state index is -1.97. The van der Waals surface area contributed by atoms with Gasteiger partial charge >= 0.3 is 8.56 Å². The van der Waals surface area contributed by atoms with Gasteiger partial charge in [0.25, 0.3) is 0 Å². The smallest absolute Gasteiger partial charge is 0.311 e. The van der Waals surface area contributed by atoms with Crippen molar-refractivity contribution in [2.75, 3.05) is 0 Å². The molecule has 0 unspecified atom stereocenters. The summed E-state index contributed by atoms with van der Waals surface area (Å²) in [6.45, 7) is 24.6. The predicted octanol–water partition coefficient (Wildman–Crippen LogP) is 5.20. The Kier molecular flexibility index (Phi) is 6.71. The Morgan fingerprint density at radius 1 is 0.789 bits per heavy atom. The summed E-state index contributed by atoms with van der Waals surface area (Å²) in [4.78, 5) is 0. The highest BCUT2D eigenvalue weighted by molar-refractivity contribution is 6.89. The molecular formula is C13H34O2Si4. The van der Waals surface area contributed by atoms with Crippen LogP contribution in [0.15, 0.2) is 12.3 Å². The molecule has 2 nitrogen and oxygen atoms in total. The van der Waals surface area contributed by atoms with Crippen LogP contribution in [0.2, 0.25) is 71.0 Å². The van der Waals surface area contributed by atoms with Gasteiger partial charge in [0.2, 0.25) is 0 Å². The topological polar surface area (TPSA) is 18.5 Å². The maximum atomic E-state index is 6.52. The number of hydrogen-bond donors (Lipinski definition) is 0. The second-order valence-electron chi connectivity index (χ2n) is 8.17. The van der Waals surface area contributed by atoms with E-state index in [1.165, 1.54) is 12.1 Å². The average Bonchev–Trinajstić information content (AvgIpc) is 2.09. The minimum Gasteiger partial charge on any atom is -0.437 e. The summed E-state index contributed by atoms with van der Waals surface area (Å²) in [6.07, 6.45) is 0. The van der Waals surface area contributed by atoms with Crippen molar-refractivity contribution in [1.29, 1.82) is 0 Å². The molecule has 0 aromatic heterocycles. The molecule has 0 aliphatic rings. The molecule has 0 spiro atoms. The van der Waals surface area contributed by atoms with E-state index >= 15 is 0 Å². The van der Waals surface area contributed by atoms with Gasteiger partial charge in [0, 0.05) is 0 Å². The van der Waals surface area contributed by atoms with Gasteiger partial charge in [0.15, 0.2) is 16.6 Å². The Bertz CT molecular complexity index is 306. The quantitative estimate of drug-likeness (QED) is 0.568. The van der Waals surface area contributed by atoms with Crippen molar-refractivity contribution in [3.05, 3.63) is 12.3 Å². The second-order valence-corrected chi connectivity index (χ2v) is 25.7. The zero-order valence-electron chi connectivity index (χ0n) is 14.5. The second kappa shape index (κ2) is 6.53. The summed E-state index contributed by atoms with van der Waals surface area (Å²) in [7, 11) is -6.30. The maximum absolute atomic E-state index is 6.52. The molecule has 0 heterocycles. The SMILES string of the molecule is C=C[Si](C)(C)CC[Si](C)(C)O[Si](C)(C)O[Si](C)(C)C. The molecule has 0 aliphatic carbocycles. The lowest BCUT2D eigenvalue weighted by Crippen LogP contribution is -2.51. The van der Waals surface area contributed by atoms with Crippen molar-refractivity contribution < 1.29 is 8.23 Å². The first-order chi connectivity index (χ1) is 8.18. The average molecular weight is 335 g/mol. The van der Waals surface area contributed by atoms with Crippen LogP contribution in [0.4, 0.5) is 0 Å². The van der Waals surface area contributed by atoms with Crippen LogP contribution in [-0.2, 0) is 8.23 Å². The molecule has 19 heavy (non-hydrogen) atoms. The molecule has 114 valence electrons. The normalized spacial score (nSPS) is 14.6. The van der Waals surface area contributed by atoms with Gasteiger partial charge < -0.3 is 8.23 Å². The first-order valence-corrected chi connectivity index (χ1v) is 19.8. The summed E-state index contributed by atoms with van der Waals surface area (Å²) in [6, 6.07) is 2.51. The standard InChI is InChI=1S/C13H34O2Si4/c1-11-17(5,6)12-13-18(7,8)15-19(9,10)14-16(2,3)4/h11H,1,12-13H2,2-10H3. The van der Waals surface area contributed by atoms with Crippen LogP contribution in [0.25, 0.3) is 0 Å². The third kappa shape index (κ3) is 9.97. The van der Waals surface area contributed by atoms with E-state index in [2.05, 4.69) is 71.2 Å². The van der Waals surface area contributed by atoms with Crippen LogP contribution in [0.3, 0.4) is 0 Å². The molecule has 0 N–H and O–H groups in total. The zero-order valence-corrected chi connectivity index (χ0v) is 18.5. The molecule has 0 saturated carbocycles. The minimum absolute atomic E-state index is 1.21. The summed E-state index contributed by atoms with van der Waals surface area (Å²) in [5.74, 6) is 0. The van der Waals surface area contributed by atoms with E-state index in [4.69, 9.17) is 8.23 Å². The fourth-order valence-corrected chi connectivity index (χ4v) is 19.6. The van der Waals surface area contributed by atoms with Crippen molar-refractivity contribution in [3.63, 3.8) is 0 Å². The Hall–Kier alpha value is 0.528. The highest BCUT2D eigenvalue weighted by atomic mass is 28.5. The molecule has 0 atom stereocenters. The fourth-order valence-electron chi connectivity index (χ4n) is 2.20. The lowest BCUT2D eigenvalue weighted by molar-refractivity contribution is 0.392. The summed E-state index contributed by atoms with van der Waals surface area (Å²) in [5.41, 5.74) is 2.19. The predicted molar refractivity (Wildman–Crippen MR) is 97.8 cm³/mol. The van der Waals surface area contributed by atoms with Crippen LogP contribution in [0.5, 0.6) is 0 Å². The highest BCUT2D eigenvalue weighted by Gasteiger charge is 2.38. The first-order valence-electron chi connectivity index (χ1n) is 7.22. The molecular weight excluding hydrogens is 300 g/mol. The van der Waals surface area contributed by atoms with Crippen molar-refractivity contribution in [1.82, 2.24) is 0 Å². The molecule has 0 saturated heterocycles. The van der Waals surface area contributed by atoms with Crippen molar-refractivity contribution in [3.8, 4) is 0 Å². The molecule has 0 aromatic carbocycles. The Labute approximate surface area is 125 Å². The molecule has 0 amide bonds. The number of rotatable bonds is 8. The molecule has 0 radical (unpaired) electrons. The van der Waals surface area contributed by atoms with Crippen LogP contribution in [-0.4, -0.2) is 33.3 Å². The lowest BCUT2D eigenvalue weighted by Gasteiger charge is -2.38. The molecule has 0 fully saturated rings. The summed E-state index contributed by atoms with van der Waals surface area (Å²) >= 11 is 0. The third-order valence-corrected chi connectivity index (χ3v) is 16.2. The van der Waals surface area contributed by atoms with Gasteiger partial charge in [0.1, 0.15) is 0 Å². The Morgan fingerprint density at radius 2 is 1.26 bits per heavy atom. The van der Waals surface area contributed by atoms with E-state index in [0.717, 1.165) is 0 Å². The molecule has 0 aliphatic heterocycles. The van der Waals surface area contributed by atoms with Gasteiger partial charge in [-0.25, -0.2) is 0 Å². The Morgan fingerprint density at radius 3 is 1.63 bits per heavy atom. The van der Waals surface area contributed by atoms with E-state index in [1.54, 1.807) is 0 Å². The van der Waals surface area contributed by atoms with Gasteiger partial charge in [-0.1, -0.05) is 19.1 Å². The van der Waals surface area contributed by atoms with Gasteiger partial charge in [-0.2, -0.15) is 0 Å². The fraction of sp³-hybridized carbons (Fsp3) is 0.846. The van der Waals surface area contributed by atoms with Crippen LogP contribution in [0, 0.1) is 0 Å². The molecule has 6 heteroatoms. The van der Waals surface area contributed by atoms with Crippen LogP contribution >= 0.6 is 0 Å². The highest BCUT2D eigenvalue weighted by Crippen LogP contribution is 2.26. The monoisotopic (exact) mass is 334 g/mol. The summed E-state index contributed by atoms with van der Waals surface area (Å²) < 4.78 is 12.8.